The molecule has 0 amide bonds. The predicted molar refractivity (Wildman–Crippen MR) is 70.2 cm³/mol. The van der Waals surface area contributed by atoms with Crippen LogP contribution in [0.2, 0.25) is 5.02 Å². The number of anilines is 1. The van der Waals surface area contributed by atoms with E-state index < -0.39 is 4.92 Å². The molecule has 1 aromatic rings. The Labute approximate surface area is 110 Å². The van der Waals surface area contributed by atoms with Crippen molar-refractivity contribution in [2.24, 2.45) is 0 Å². The number of hydrogen-bond acceptors (Lipinski definition) is 4. The van der Waals surface area contributed by atoms with Gasteiger partial charge in [-0.1, -0.05) is 17.7 Å². The molecule has 1 saturated heterocycles. The van der Waals surface area contributed by atoms with E-state index in [1.54, 1.807) is 12.1 Å². The molecule has 0 aromatic heterocycles. The van der Waals surface area contributed by atoms with Crippen molar-refractivity contribution in [3.05, 3.63) is 33.3 Å². The molecular weight excluding hydrogens is 256 g/mol. The number of benzene rings is 1. The van der Waals surface area contributed by atoms with E-state index in [1.165, 1.54) is 6.07 Å². The van der Waals surface area contributed by atoms with Gasteiger partial charge in [-0.2, -0.15) is 0 Å². The maximum absolute atomic E-state index is 11.1. The summed E-state index contributed by atoms with van der Waals surface area (Å²) in [5, 5.41) is 14.4. The minimum atomic E-state index is -0.464. The summed E-state index contributed by atoms with van der Waals surface area (Å²) in [4.78, 5) is 10.6. The molecule has 0 aliphatic carbocycles. The molecule has 1 aromatic carbocycles. The Morgan fingerprint density at radius 1 is 1.61 bits per heavy atom. The van der Waals surface area contributed by atoms with Crippen LogP contribution in [-0.2, 0) is 4.74 Å². The minimum absolute atomic E-state index is 0.00362. The third-order valence-corrected chi connectivity index (χ3v) is 3.78. The lowest BCUT2D eigenvalue weighted by Crippen LogP contribution is -2.41. The van der Waals surface area contributed by atoms with E-state index in [0.29, 0.717) is 12.3 Å². The number of nitrogens with one attached hydrogen (secondary N) is 1. The zero-order valence-corrected chi connectivity index (χ0v) is 11.0. The van der Waals surface area contributed by atoms with Gasteiger partial charge in [0.25, 0.3) is 0 Å². The van der Waals surface area contributed by atoms with Crippen molar-refractivity contribution in [1.82, 2.24) is 0 Å². The topological polar surface area (TPSA) is 64.4 Å². The standard InChI is InChI=1S/C12H15ClN2O3/c1-8-12(2,6-7-18-8)14-10-5-3-4-9(13)11(10)15(16)17/h3-5,8,14H,6-7H2,1-2H3. The number of nitrogens with zero attached hydrogens (tertiary/aromatic N) is 1. The van der Waals surface area contributed by atoms with Crippen LogP contribution in [0.3, 0.4) is 0 Å². The number of nitro benzene ring substituents is 1. The summed E-state index contributed by atoms with van der Waals surface area (Å²) < 4.78 is 5.51. The lowest BCUT2D eigenvalue weighted by molar-refractivity contribution is -0.383. The Hall–Kier alpha value is -1.33. The third-order valence-electron chi connectivity index (χ3n) is 3.48. The van der Waals surface area contributed by atoms with Crippen molar-refractivity contribution in [2.45, 2.75) is 31.9 Å². The number of halogens is 1. The van der Waals surface area contributed by atoms with Crippen molar-refractivity contribution in [1.29, 1.82) is 0 Å². The number of hydrogen-bond donors (Lipinski definition) is 1. The van der Waals surface area contributed by atoms with Crippen molar-refractivity contribution in [2.75, 3.05) is 11.9 Å². The molecule has 1 N–H and O–H groups in total. The van der Waals surface area contributed by atoms with Crippen LogP contribution >= 0.6 is 11.6 Å². The van der Waals surface area contributed by atoms with Crippen LogP contribution in [0.15, 0.2) is 18.2 Å². The van der Waals surface area contributed by atoms with Gasteiger partial charge in [-0.3, -0.25) is 10.1 Å². The summed E-state index contributed by atoms with van der Waals surface area (Å²) in [6.07, 6.45) is 0.800. The summed E-state index contributed by atoms with van der Waals surface area (Å²) in [5.41, 5.74) is 0.0435. The van der Waals surface area contributed by atoms with E-state index in [0.717, 1.165) is 6.42 Å². The van der Waals surface area contributed by atoms with E-state index >= 15 is 0 Å². The van der Waals surface area contributed by atoms with Gasteiger partial charge in [-0.05, 0) is 32.4 Å². The van der Waals surface area contributed by atoms with E-state index in [4.69, 9.17) is 16.3 Å². The van der Waals surface area contributed by atoms with Gasteiger partial charge in [0.2, 0.25) is 0 Å². The van der Waals surface area contributed by atoms with Gasteiger partial charge in [0.05, 0.1) is 16.6 Å². The molecule has 0 saturated carbocycles. The van der Waals surface area contributed by atoms with Crippen LogP contribution in [0.5, 0.6) is 0 Å². The Bertz CT molecular complexity index is 480. The molecular formula is C12H15ClN2O3. The van der Waals surface area contributed by atoms with E-state index in [-0.39, 0.29) is 22.4 Å². The monoisotopic (exact) mass is 270 g/mol. The van der Waals surface area contributed by atoms with E-state index in [1.807, 2.05) is 13.8 Å². The first-order valence-electron chi connectivity index (χ1n) is 5.77. The van der Waals surface area contributed by atoms with Crippen LogP contribution in [0, 0.1) is 10.1 Å². The fourth-order valence-electron chi connectivity index (χ4n) is 2.11. The highest BCUT2D eigenvalue weighted by Crippen LogP contribution is 2.37. The van der Waals surface area contributed by atoms with Gasteiger partial charge >= 0.3 is 5.69 Å². The number of nitro groups is 1. The lowest BCUT2D eigenvalue weighted by atomic mass is 9.94. The van der Waals surface area contributed by atoms with Crippen LogP contribution in [0.25, 0.3) is 0 Å². The quantitative estimate of drug-likeness (QED) is 0.676. The van der Waals surface area contributed by atoms with E-state index in [9.17, 15) is 10.1 Å². The average molecular weight is 271 g/mol. The molecule has 6 heteroatoms. The van der Waals surface area contributed by atoms with Crippen LogP contribution in [-0.4, -0.2) is 23.2 Å². The Balaban J connectivity index is 2.35. The van der Waals surface area contributed by atoms with Gasteiger partial charge in [0.1, 0.15) is 10.7 Å². The van der Waals surface area contributed by atoms with Gasteiger partial charge in [0, 0.05) is 6.61 Å². The SMILES string of the molecule is CC1OCCC1(C)Nc1cccc(Cl)c1[N+](=O)[O-]. The van der Waals surface area contributed by atoms with Gasteiger partial charge in [-0.15, -0.1) is 0 Å². The highest BCUT2D eigenvalue weighted by molar-refractivity contribution is 6.33. The van der Waals surface area contributed by atoms with Crippen molar-refractivity contribution >= 4 is 23.0 Å². The second kappa shape index (κ2) is 4.74. The highest BCUT2D eigenvalue weighted by atomic mass is 35.5. The zero-order chi connectivity index (χ0) is 13.3. The molecule has 18 heavy (non-hydrogen) atoms. The number of ether oxygens (including phenoxy) is 1. The molecule has 0 spiro atoms. The summed E-state index contributed by atoms with van der Waals surface area (Å²) in [6, 6.07) is 4.88. The second-order valence-electron chi connectivity index (χ2n) is 4.70. The fraction of sp³-hybridized carbons (Fsp3) is 0.500. The zero-order valence-electron chi connectivity index (χ0n) is 10.3. The van der Waals surface area contributed by atoms with Crippen LogP contribution in [0.4, 0.5) is 11.4 Å². The summed E-state index contributed by atoms with van der Waals surface area (Å²) in [6.45, 7) is 4.60. The largest absolute Gasteiger partial charge is 0.376 e. The maximum atomic E-state index is 11.1. The summed E-state index contributed by atoms with van der Waals surface area (Å²) in [7, 11) is 0. The third kappa shape index (κ3) is 2.28. The molecule has 5 nitrogen and oxygen atoms in total. The second-order valence-corrected chi connectivity index (χ2v) is 5.11. The van der Waals surface area contributed by atoms with Crippen molar-refractivity contribution in [3.8, 4) is 0 Å². The van der Waals surface area contributed by atoms with Crippen molar-refractivity contribution < 1.29 is 9.66 Å². The fourth-order valence-corrected chi connectivity index (χ4v) is 2.35. The van der Waals surface area contributed by atoms with Crippen LogP contribution < -0.4 is 5.32 Å². The first kappa shape index (κ1) is 13.1. The molecule has 0 radical (unpaired) electrons. The number of para-hydroxylation sites is 1. The van der Waals surface area contributed by atoms with Gasteiger partial charge < -0.3 is 10.1 Å². The van der Waals surface area contributed by atoms with E-state index in [2.05, 4.69) is 5.32 Å². The average Bonchev–Trinajstić information content (AvgIpc) is 2.58. The minimum Gasteiger partial charge on any atom is -0.376 e. The van der Waals surface area contributed by atoms with Crippen molar-refractivity contribution in [3.63, 3.8) is 0 Å². The highest BCUT2D eigenvalue weighted by Gasteiger charge is 2.38. The molecule has 1 heterocycles. The molecule has 1 aliphatic rings. The summed E-state index contributed by atoms with van der Waals surface area (Å²) >= 11 is 5.88. The molecule has 2 atom stereocenters. The lowest BCUT2D eigenvalue weighted by Gasteiger charge is -2.29. The van der Waals surface area contributed by atoms with Gasteiger partial charge in [0.15, 0.2) is 0 Å². The maximum Gasteiger partial charge on any atom is 0.310 e. The Morgan fingerprint density at radius 3 is 2.89 bits per heavy atom. The normalized spacial score (nSPS) is 27.2. The Kier molecular flexibility index (Phi) is 3.45. The predicted octanol–water partition coefficient (Wildman–Crippen LogP) is 3.23. The summed E-state index contributed by atoms with van der Waals surface area (Å²) in [5.74, 6) is 0. The molecule has 0 bridgehead atoms. The Morgan fingerprint density at radius 2 is 2.33 bits per heavy atom. The van der Waals surface area contributed by atoms with Gasteiger partial charge in [-0.25, -0.2) is 0 Å². The first-order valence-corrected chi connectivity index (χ1v) is 6.14. The molecule has 1 fully saturated rings. The van der Waals surface area contributed by atoms with Crippen LogP contribution in [0.1, 0.15) is 20.3 Å². The first-order chi connectivity index (χ1) is 8.44. The molecule has 2 unspecified atom stereocenters. The molecule has 2 rings (SSSR count). The smallest absolute Gasteiger partial charge is 0.310 e. The molecule has 98 valence electrons. The number of rotatable bonds is 3. The molecule has 1 aliphatic heterocycles.